The second-order valence-corrected chi connectivity index (χ2v) is 6.36. The maximum Gasteiger partial charge on any atom is 0.00423 e. The van der Waals surface area contributed by atoms with Crippen LogP contribution in [0.2, 0.25) is 0 Å². The van der Waals surface area contributed by atoms with Crippen LogP contribution in [0.1, 0.15) is 60.8 Å². The summed E-state index contributed by atoms with van der Waals surface area (Å²) >= 11 is 8.62. The van der Waals surface area contributed by atoms with Gasteiger partial charge in [0.25, 0.3) is 0 Å². The van der Waals surface area contributed by atoms with E-state index < -0.39 is 0 Å². The van der Waals surface area contributed by atoms with Gasteiger partial charge in [-0.15, -0.1) is 0 Å². The van der Waals surface area contributed by atoms with Crippen LogP contribution in [-0.4, -0.2) is 10.5 Å². The van der Waals surface area contributed by atoms with E-state index in [1.165, 1.54) is 19.3 Å². The van der Waals surface area contributed by atoms with Gasteiger partial charge in [-0.25, -0.2) is 0 Å². The van der Waals surface area contributed by atoms with Gasteiger partial charge in [0.2, 0.25) is 0 Å². The monoisotopic (exact) mass is 250 g/mol. The molecule has 3 atom stereocenters. The molecule has 0 amide bonds. The predicted molar refractivity (Wildman–Crippen MR) is 80.4 cm³/mol. The van der Waals surface area contributed by atoms with E-state index in [1.807, 2.05) is 0 Å². The molecule has 3 unspecified atom stereocenters. The van der Waals surface area contributed by atoms with Crippen molar-refractivity contribution in [1.29, 1.82) is 0 Å². The van der Waals surface area contributed by atoms with Crippen molar-refractivity contribution >= 4 is 25.3 Å². The molecule has 94 valence electrons. The molecule has 0 aliphatic heterocycles. The summed E-state index contributed by atoms with van der Waals surface area (Å²) in [5.74, 6) is 1.56. The van der Waals surface area contributed by atoms with E-state index >= 15 is 0 Å². The Morgan fingerprint density at radius 2 is 1.27 bits per heavy atom. The van der Waals surface area contributed by atoms with Crippen LogP contribution in [-0.2, 0) is 0 Å². The number of thiol groups is 2. The van der Waals surface area contributed by atoms with Gasteiger partial charge in [0.05, 0.1) is 0 Å². The quantitative estimate of drug-likeness (QED) is 0.624. The molecular formula is C13H30S2. The van der Waals surface area contributed by atoms with Crippen molar-refractivity contribution in [2.24, 2.45) is 11.8 Å². The van der Waals surface area contributed by atoms with Crippen LogP contribution in [0.15, 0.2) is 0 Å². The largest absolute Gasteiger partial charge is 0.176 e. The van der Waals surface area contributed by atoms with Crippen LogP contribution in [0.5, 0.6) is 0 Å². The summed E-state index contributed by atoms with van der Waals surface area (Å²) in [4.78, 5) is 0. The van der Waals surface area contributed by atoms with Crippen molar-refractivity contribution in [3.63, 3.8) is 0 Å². The average Bonchev–Trinajstić information content (AvgIpc) is 2.18. The van der Waals surface area contributed by atoms with Crippen LogP contribution in [0, 0.1) is 11.8 Å². The topological polar surface area (TPSA) is 0 Å². The number of hydrogen-bond acceptors (Lipinski definition) is 2. The van der Waals surface area contributed by atoms with Crippen molar-refractivity contribution in [1.82, 2.24) is 0 Å². The van der Waals surface area contributed by atoms with E-state index in [1.54, 1.807) is 0 Å². The number of rotatable bonds is 5. The van der Waals surface area contributed by atoms with Gasteiger partial charge in [-0.1, -0.05) is 48.0 Å². The fourth-order valence-electron chi connectivity index (χ4n) is 0.851. The van der Waals surface area contributed by atoms with Gasteiger partial charge in [0, 0.05) is 5.25 Å². The van der Waals surface area contributed by atoms with Crippen LogP contribution >= 0.6 is 25.3 Å². The predicted octanol–water partition coefficient (Wildman–Crippen LogP) is 5.09. The van der Waals surface area contributed by atoms with Crippen molar-refractivity contribution in [2.75, 3.05) is 0 Å². The van der Waals surface area contributed by atoms with Crippen LogP contribution in [0.4, 0.5) is 0 Å². The second kappa shape index (κ2) is 11.2. The lowest BCUT2D eigenvalue weighted by Gasteiger charge is -2.17. The summed E-state index contributed by atoms with van der Waals surface area (Å²) in [5, 5.41) is 1.17. The minimum atomic E-state index is 0.579. The van der Waals surface area contributed by atoms with Gasteiger partial charge < -0.3 is 0 Å². The fourth-order valence-corrected chi connectivity index (χ4v) is 1.21. The van der Waals surface area contributed by atoms with Crippen LogP contribution < -0.4 is 0 Å². The highest BCUT2D eigenvalue weighted by molar-refractivity contribution is 7.81. The summed E-state index contributed by atoms with van der Waals surface area (Å²) in [7, 11) is 0. The van der Waals surface area contributed by atoms with E-state index in [-0.39, 0.29) is 0 Å². The lowest BCUT2D eigenvalue weighted by Crippen LogP contribution is -2.11. The molecule has 0 radical (unpaired) electrons. The Hall–Kier alpha value is 0.700. The Labute approximate surface area is 108 Å². The highest BCUT2D eigenvalue weighted by atomic mass is 32.1. The van der Waals surface area contributed by atoms with Gasteiger partial charge in [0.1, 0.15) is 0 Å². The molecule has 0 bridgehead atoms. The molecule has 0 aliphatic carbocycles. The lowest BCUT2D eigenvalue weighted by molar-refractivity contribution is 0.454. The Morgan fingerprint density at radius 3 is 1.47 bits per heavy atom. The van der Waals surface area contributed by atoms with E-state index in [2.05, 4.69) is 66.8 Å². The Balaban J connectivity index is 0. The summed E-state index contributed by atoms with van der Waals surface area (Å²) in [6.07, 6.45) is 3.71. The highest BCUT2D eigenvalue weighted by Gasteiger charge is 2.10. The molecule has 0 aromatic heterocycles. The van der Waals surface area contributed by atoms with Gasteiger partial charge in [-0.2, -0.15) is 25.3 Å². The maximum atomic E-state index is 4.52. The van der Waals surface area contributed by atoms with E-state index in [0.717, 1.165) is 11.8 Å². The summed E-state index contributed by atoms with van der Waals surface area (Å²) in [6.45, 7) is 13.2. The minimum Gasteiger partial charge on any atom is -0.176 e. The van der Waals surface area contributed by atoms with Crippen LogP contribution in [0.25, 0.3) is 0 Å². The zero-order valence-electron chi connectivity index (χ0n) is 11.3. The zero-order chi connectivity index (χ0) is 12.4. The van der Waals surface area contributed by atoms with E-state index in [0.29, 0.717) is 10.5 Å². The van der Waals surface area contributed by atoms with E-state index in [9.17, 15) is 0 Å². The van der Waals surface area contributed by atoms with Gasteiger partial charge in [0.15, 0.2) is 0 Å². The second-order valence-electron chi connectivity index (χ2n) is 4.82. The molecule has 0 aromatic rings. The third-order valence-electron chi connectivity index (χ3n) is 2.70. The summed E-state index contributed by atoms with van der Waals surface area (Å²) in [5.41, 5.74) is 0. The Kier molecular flexibility index (Phi) is 13.5. The summed E-state index contributed by atoms with van der Waals surface area (Å²) < 4.78 is 0. The average molecular weight is 251 g/mol. The molecule has 0 fully saturated rings. The number of hydrogen-bond donors (Lipinski definition) is 2. The first-order valence-corrected chi connectivity index (χ1v) is 7.24. The summed E-state index contributed by atoms with van der Waals surface area (Å²) in [6, 6.07) is 0. The van der Waals surface area contributed by atoms with Gasteiger partial charge in [-0.05, 0) is 29.9 Å². The standard InChI is InChI=1S/C9H20S.C4H10S/c1-5-8(4)6-9(10)7(2)3;1-3-4(2)5/h7-10H,5-6H2,1-4H3;4-5H,3H2,1-2H3. The van der Waals surface area contributed by atoms with Crippen molar-refractivity contribution in [3.8, 4) is 0 Å². The molecule has 0 heterocycles. The molecule has 0 N–H and O–H groups in total. The SMILES string of the molecule is CCC(C)CC(S)C(C)C.CCC(C)S. The highest BCUT2D eigenvalue weighted by Crippen LogP contribution is 2.19. The lowest BCUT2D eigenvalue weighted by atomic mass is 9.97. The first-order chi connectivity index (χ1) is 6.84. The smallest absolute Gasteiger partial charge is 0.00423 e. The molecule has 15 heavy (non-hydrogen) atoms. The molecule has 0 saturated carbocycles. The van der Waals surface area contributed by atoms with Crippen LogP contribution in [0.3, 0.4) is 0 Å². The molecule has 0 aliphatic rings. The van der Waals surface area contributed by atoms with Crippen molar-refractivity contribution < 1.29 is 0 Å². The first kappa shape index (κ1) is 18.1. The maximum absolute atomic E-state index is 4.52. The Morgan fingerprint density at radius 1 is 0.867 bits per heavy atom. The third-order valence-corrected chi connectivity index (χ3v) is 3.87. The van der Waals surface area contributed by atoms with Crippen molar-refractivity contribution in [2.45, 2.75) is 71.3 Å². The first-order valence-electron chi connectivity index (χ1n) is 6.21. The fraction of sp³-hybridized carbons (Fsp3) is 1.00. The molecule has 0 rings (SSSR count). The molecule has 2 heteroatoms. The minimum absolute atomic E-state index is 0.579. The van der Waals surface area contributed by atoms with Gasteiger partial charge in [-0.3, -0.25) is 0 Å². The molecule has 0 aromatic carbocycles. The Bertz CT molecular complexity index is 122. The molecule has 0 nitrogen and oxygen atoms in total. The van der Waals surface area contributed by atoms with Crippen molar-refractivity contribution in [3.05, 3.63) is 0 Å². The third kappa shape index (κ3) is 14.7. The normalized spacial score (nSPS) is 16.6. The zero-order valence-corrected chi connectivity index (χ0v) is 13.1. The molecule has 0 saturated heterocycles. The molecular weight excluding hydrogens is 220 g/mol. The van der Waals surface area contributed by atoms with Gasteiger partial charge >= 0.3 is 0 Å². The molecule has 0 spiro atoms. The van der Waals surface area contributed by atoms with E-state index in [4.69, 9.17) is 0 Å².